The maximum absolute atomic E-state index is 4.90. The Kier molecular flexibility index (Phi) is 6.78. The molecule has 4 nitrogen and oxygen atoms in total. The van der Waals surface area contributed by atoms with Crippen molar-refractivity contribution >= 4 is 26.9 Å². The second-order valence-corrected chi connectivity index (χ2v) is 7.42. The smallest absolute Gasteiger partial charge is 0.0787 e. The third kappa shape index (κ3) is 5.17. The Balaban J connectivity index is 1.92. The molecule has 0 radical (unpaired) electrons. The molecule has 0 aromatic heterocycles. The molecule has 0 amide bonds. The summed E-state index contributed by atoms with van der Waals surface area (Å²) >= 11 is 0. The monoisotopic (exact) mass is 390 g/mol. The van der Waals surface area contributed by atoms with E-state index >= 15 is 0 Å². The fourth-order valence-electron chi connectivity index (χ4n) is 2.98. The predicted molar refractivity (Wildman–Crippen MR) is 124 cm³/mol. The van der Waals surface area contributed by atoms with Gasteiger partial charge in [-0.2, -0.15) is 0 Å². The fraction of sp³-hybridized carbons (Fsp3) is 0.217. The molecular formula is C23H27N4P. The van der Waals surface area contributed by atoms with Crippen LogP contribution in [-0.4, -0.2) is 25.5 Å². The normalized spacial score (nSPS) is 20.9. The Morgan fingerprint density at radius 2 is 1.89 bits per heavy atom. The molecule has 0 saturated carbocycles. The molecule has 1 aliphatic heterocycles. The van der Waals surface area contributed by atoms with Crippen molar-refractivity contribution in [2.45, 2.75) is 20.4 Å². The lowest BCUT2D eigenvalue weighted by Gasteiger charge is -2.12. The molecule has 144 valence electrons. The predicted octanol–water partition coefficient (Wildman–Crippen LogP) is 4.69. The molecule has 5 heteroatoms. The third-order valence-corrected chi connectivity index (χ3v) is 5.23. The summed E-state index contributed by atoms with van der Waals surface area (Å²) in [5, 5.41) is 7.73. The van der Waals surface area contributed by atoms with Crippen molar-refractivity contribution in [1.29, 1.82) is 0 Å². The van der Waals surface area contributed by atoms with E-state index in [9.17, 15) is 0 Å². The minimum atomic E-state index is 0.585. The van der Waals surface area contributed by atoms with E-state index in [0.29, 0.717) is 6.54 Å². The quantitative estimate of drug-likeness (QED) is 0.728. The summed E-state index contributed by atoms with van der Waals surface area (Å²) < 4.78 is 0. The summed E-state index contributed by atoms with van der Waals surface area (Å²) in [6, 6.07) is 16.7. The summed E-state index contributed by atoms with van der Waals surface area (Å²) in [6.07, 6.45) is 4.00. The average Bonchev–Trinajstić information content (AvgIpc) is 2.77. The molecule has 1 aliphatic rings. The first-order valence-corrected chi connectivity index (χ1v) is 9.96. The summed E-state index contributed by atoms with van der Waals surface area (Å²) in [6.45, 7) is 5.45. The zero-order chi connectivity index (χ0) is 19.9. The molecular weight excluding hydrogens is 363 g/mol. The summed E-state index contributed by atoms with van der Waals surface area (Å²) in [5.41, 5.74) is 7.61. The first-order chi connectivity index (χ1) is 13.6. The van der Waals surface area contributed by atoms with E-state index in [1.165, 1.54) is 11.1 Å². The van der Waals surface area contributed by atoms with Crippen molar-refractivity contribution in [2.75, 3.05) is 18.9 Å². The molecule has 0 spiro atoms. The zero-order valence-electron chi connectivity index (χ0n) is 16.7. The van der Waals surface area contributed by atoms with Gasteiger partial charge >= 0.3 is 0 Å². The number of nitrogens with one attached hydrogen (secondary N) is 2. The average molecular weight is 390 g/mol. The molecule has 1 heterocycles. The van der Waals surface area contributed by atoms with Crippen LogP contribution in [0.5, 0.6) is 0 Å². The van der Waals surface area contributed by atoms with Crippen molar-refractivity contribution in [1.82, 2.24) is 5.32 Å². The minimum absolute atomic E-state index is 0.585. The van der Waals surface area contributed by atoms with Gasteiger partial charge in [-0.05, 0) is 43.2 Å². The molecule has 2 N–H and O–H groups in total. The van der Waals surface area contributed by atoms with Gasteiger partial charge in [-0.1, -0.05) is 36.4 Å². The fourth-order valence-corrected chi connectivity index (χ4v) is 3.15. The van der Waals surface area contributed by atoms with Gasteiger partial charge in [0.05, 0.1) is 12.3 Å². The maximum atomic E-state index is 4.90. The van der Waals surface area contributed by atoms with E-state index in [-0.39, 0.29) is 0 Å². The molecule has 2 aromatic carbocycles. The van der Waals surface area contributed by atoms with Crippen LogP contribution in [0.2, 0.25) is 0 Å². The zero-order valence-corrected chi connectivity index (χ0v) is 17.8. The molecule has 1 unspecified atom stereocenters. The van der Waals surface area contributed by atoms with Crippen molar-refractivity contribution in [3.8, 4) is 0 Å². The van der Waals surface area contributed by atoms with Gasteiger partial charge in [-0.3, -0.25) is 9.98 Å². The standard InChI is InChI=1S/C23H27N4P/c1-16-7-4-5-10-21(16)22-12-20(14-25-15-23(28)17(2)27-22)26-13-18-8-6-9-19(11-18)24-3/h4-12,15,24,26H,13-14,28H2,1-3H3/b20-12+,23-17-,25-15?,27-22+. The van der Waals surface area contributed by atoms with Crippen LogP contribution in [-0.2, 0) is 6.54 Å². The highest BCUT2D eigenvalue weighted by molar-refractivity contribution is 7.24. The van der Waals surface area contributed by atoms with Gasteiger partial charge in [-0.25, -0.2) is 0 Å². The largest absolute Gasteiger partial charge is 0.388 e. The number of rotatable bonds is 5. The molecule has 28 heavy (non-hydrogen) atoms. The van der Waals surface area contributed by atoms with Crippen LogP contribution >= 0.6 is 9.24 Å². The maximum Gasteiger partial charge on any atom is 0.0787 e. The van der Waals surface area contributed by atoms with Crippen LogP contribution in [0.15, 0.2) is 81.3 Å². The summed E-state index contributed by atoms with van der Waals surface area (Å²) in [7, 11) is 4.66. The van der Waals surface area contributed by atoms with Crippen LogP contribution in [0, 0.1) is 6.92 Å². The van der Waals surface area contributed by atoms with E-state index in [4.69, 9.17) is 4.99 Å². The molecule has 0 bridgehead atoms. The summed E-state index contributed by atoms with van der Waals surface area (Å²) in [4.78, 5) is 9.48. The molecule has 2 aromatic rings. The number of nitrogens with zero attached hydrogens (tertiary/aromatic N) is 2. The lowest BCUT2D eigenvalue weighted by Crippen LogP contribution is -2.17. The van der Waals surface area contributed by atoms with E-state index in [1.807, 2.05) is 20.2 Å². The number of aryl methyl sites for hydroxylation is 1. The van der Waals surface area contributed by atoms with Gasteiger partial charge in [0.25, 0.3) is 0 Å². The van der Waals surface area contributed by atoms with Gasteiger partial charge in [0.2, 0.25) is 0 Å². The summed E-state index contributed by atoms with van der Waals surface area (Å²) in [5.74, 6) is 0. The Labute approximate surface area is 169 Å². The second-order valence-electron chi connectivity index (χ2n) is 6.80. The van der Waals surface area contributed by atoms with Crippen LogP contribution in [0.3, 0.4) is 0 Å². The lowest BCUT2D eigenvalue weighted by atomic mass is 10.0. The van der Waals surface area contributed by atoms with Crippen LogP contribution in [0.1, 0.15) is 23.6 Å². The number of hydrogen-bond acceptors (Lipinski definition) is 4. The molecule has 0 saturated heterocycles. The highest BCUT2D eigenvalue weighted by Gasteiger charge is 2.09. The lowest BCUT2D eigenvalue weighted by molar-refractivity contribution is 0.789. The van der Waals surface area contributed by atoms with Crippen LogP contribution in [0.4, 0.5) is 5.69 Å². The third-order valence-electron chi connectivity index (χ3n) is 4.67. The van der Waals surface area contributed by atoms with Crippen molar-refractivity contribution < 1.29 is 0 Å². The van der Waals surface area contributed by atoms with Crippen LogP contribution in [0.25, 0.3) is 0 Å². The molecule has 1 atom stereocenters. The first kappa shape index (κ1) is 20.0. The van der Waals surface area contributed by atoms with E-state index in [0.717, 1.165) is 40.2 Å². The van der Waals surface area contributed by atoms with Gasteiger partial charge in [-0.15, -0.1) is 9.24 Å². The van der Waals surface area contributed by atoms with Crippen molar-refractivity contribution in [3.63, 3.8) is 0 Å². The Bertz CT molecular complexity index is 970. The Morgan fingerprint density at radius 3 is 2.68 bits per heavy atom. The van der Waals surface area contributed by atoms with Crippen molar-refractivity contribution in [2.24, 2.45) is 9.98 Å². The Morgan fingerprint density at radius 1 is 1.07 bits per heavy atom. The van der Waals surface area contributed by atoms with Gasteiger partial charge < -0.3 is 10.6 Å². The SMILES string of the molecule is CNc1cccc(CN/C2=C/C(c3ccccc3C)=N\C(C)=C(/P)C=NC2)c1. The first-order valence-electron chi connectivity index (χ1n) is 9.39. The van der Waals surface area contributed by atoms with Gasteiger partial charge in [0.1, 0.15) is 0 Å². The highest BCUT2D eigenvalue weighted by Crippen LogP contribution is 2.18. The molecule has 0 fully saturated rings. The number of benzene rings is 2. The number of anilines is 1. The number of hydrogen-bond donors (Lipinski definition) is 2. The number of aliphatic imine (C=N–C) groups is 2. The number of allylic oxidation sites excluding steroid dienone is 3. The van der Waals surface area contributed by atoms with Gasteiger partial charge in [0.15, 0.2) is 0 Å². The molecule has 3 rings (SSSR count). The van der Waals surface area contributed by atoms with E-state index in [1.54, 1.807) is 0 Å². The minimum Gasteiger partial charge on any atom is -0.388 e. The second kappa shape index (κ2) is 9.48. The highest BCUT2D eigenvalue weighted by atomic mass is 31.0. The Hall–Kier alpha value is -2.71. The molecule has 0 aliphatic carbocycles. The van der Waals surface area contributed by atoms with E-state index in [2.05, 4.69) is 86.4 Å². The topological polar surface area (TPSA) is 48.8 Å². The van der Waals surface area contributed by atoms with Crippen LogP contribution < -0.4 is 10.6 Å². The van der Waals surface area contributed by atoms with Crippen molar-refractivity contribution in [3.05, 3.63) is 88.0 Å². The van der Waals surface area contributed by atoms with Gasteiger partial charge in [0, 0.05) is 47.8 Å². The van der Waals surface area contributed by atoms with E-state index < -0.39 is 0 Å².